The number of Topliss-reactive ketones (excluding diaryl/α,β-unsaturated/α-hetero) is 1. The summed E-state index contributed by atoms with van der Waals surface area (Å²) in [6.45, 7) is 1.01. The van der Waals surface area contributed by atoms with E-state index in [1.165, 1.54) is 0 Å². The fraction of sp³-hybridized carbons (Fsp3) is 0.857. The van der Waals surface area contributed by atoms with Crippen molar-refractivity contribution >= 4 is 11.8 Å². The number of carboxylic acids is 1. The van der Waals surface area contributed by atoms with Gasteiger partial charge in [-0.3, -0.25) is 9.59 Å². The maximum absolute atomic E-state index is 12.8. The third-order valence-electron chi connectivity index (χ3n) is 5.02. The van der Waals surface area contributed by atoms with Gasteiger partial charge in [0.05, 0.1) is 18.6 Å². The zero-order valence-electron chi connectivity index (χ0n) is 11.0. The molecule has 0 radical (unpaired) electrons. The molecular formula is C14H20O5. The summed E-state index contributed by atoms with van der Waals surface area (Å²) in [5.74, 6) is -2.87. The second kappa shape index (κ2) is 4.56. The van der Waals surface area contributed by atoms with Gasteiger partial charge in [-0.25, -0.2) is 0 Å². The topological polar surface area (TPSA) is 72.8 Å². The van der Waals surface area contributed by atoms with E-state index >= 15 is 0 Å². The van der Waals surface area contributed by atoms with Crippen molar-refractivity contribution in [2.24, 2.45) is 11.3 Å². The predicted molar refractivity (Wildman–Crippen MR) is 65.5 cm³/mol. The van der Waals surface area contributed by atoms with Crippen LogP contribution in [0.4, 0.5) is 0 Å². The number of rotatable bonds is 1. The maximum Gasteiger partial charge on any atom is 0.314 e. The van der Waals surface area contributed by atoms with Crippen molar-refractivity contribution in [2.75, 3.05) is 13.2 Å². The van der Waals surface area contributed by atoms with Gasteiger partial charge in [0.15, 0.2) is 11.6 Å². The fourth-order valence-corrected chi connectivity index (χ4v) is 4.15. The Morgan fingerprint density at radius 3 is 2.42 bits per heavy atom. The molecule has 0 aromatic carbocycles. The van der Waals surface area contributed by atoms with Crippen LogP contribution in [0.25, 0.3) is 0 Å². The molecule has 1 unspecified atom stereocenters. The van der Waals surface area contributed by atoms with E-state index in [0.29, 0.717) is 38.9 Å². The fourth-order valence-electron chi connectivity index (χ4n) is 4.15. The highest BCUT2D eigenvalue weighted by molar-refractivity contribution is 6.02. The summed E-state index contributed by atoms with van der Waals surface area (Å²) in [5.41, 5.74) is -0.719. The molecule has 0 amide bonds. The molecule has 0 bridgehead atoms. The first-order chi connectivity index (χ1) is 9.11. The van der Waals surface area contributed by atoms with Crippen LogP contribution >= 0.6 is 0 Å². The van der Waals surface area contributed by atoms with Crippen LogP contribution in [0.3, 0.4) is 0 Å². The third-order valence-corrected chi connectivity index (χ3v) is 5.02. The maximum atomic E-state index is 12.8. The quantitative estimate of drug-likeness (QED) is 0.733. The van der Waals surface area contributed by atoms with Crippen molar-refractivity contribution in [3.05, 3.63) is 0 Å². The first kappa shape index (κ1) is 13.1. The zero-order valence-corrected chi connectivity index (χ0v) is 11.0. The van der Waals surface area contributed by atoms with Gasteiger partial charge in [-0.1, -0.05) is 12.8 Å². The monoisotopic (exact) mass is 268 g/mol. The summed E-state index contributed by atoms with van der Waals surface area (Å²) in [4.78, 5) is 24.1. The van der Waals surface area contributed by atoms with Crippen molar-refractivity contribution < 1.29 is 24.2 Å². The van der Waals surface area contributed by atoms with Gasteiger partial charge in [0, 0.05) is 6.42 Å². The smallest absolute Gasteiger partial charge is 0.314 e. The van der Waals surface area contributed by atoms with E-state index < -0.39 is 23.1 Å². The third kappa shape index (κ3) is 1.75. The van der Waals surface area contributed by atoms with Crippen LogP contribution in [0, 0.1) is 11.3 Å². The van der Waals surface area contributed by atoms with Gasteiger partial charge in [0.25, 0.3) is 0 Å². The lowest BCUT2D eigenvalue weighted by molar-refractivity contribution is -0.256. The number of fused-ring (bicyclic) bond motifs is 1. The molecule has 2 saturated carbocycles. The molecule has 5 heteroatoms. The van der Waals surface area contributed by atoms with Crippen molar-refractivity contribution in [3.63, 3.8) is 0 Å². The van der Waals surface area contributed by atoms with E-state index in [1.807, 2.05) is 0 Å². The Labute approximate surface area is 112 Å². The minimum Gasteiger partial charge on any atom is -0.481 e. The summed E-state index contributed by atoms with van der Waals surface area (Å²) in [6.07, 6.45) is 5.26. The number of carbonyl (C=O) groups is 2. The largest absolute Gasteiger partial charge is 0.481 e. The lowest BCUT2D eigenvalue weighted by Crippen LogP contribution is -2.60. The molecule has 5 nitrogen and oxygen atoms in total. The molecule has 2 atom stereocenters. The molecule has 0 aromatic rings. The average molecular weight is 268 g/mol. The number of carboxylic acid groups (broad SMARTS) is 1. The summed E-state index contributed by atoms with van der Waals surface area (Å²) in [7, 11) is 0. The zero-order chi connectivity index (χ0) is 13.5. The Morgan fingerprint density at radius 1 is 1.11 bits per heavy atom. The van der Waals surface area contributed by atoms with Crippen LogP contribution in [-0.4, -0.2) is 35.9 Å². The molecule has 3 aliphatic rings. The van der Waals surface area contributed by atoms with Crippen molar-refractivity contribution in [1.82, 2.24) is 0 Å². The lowest BCUT2D eigenvalue weighted by atomic mass is 9.58. The standard InChI is InChI=1S/C14H20O5/c15-11-10(12(16)17)4-3-6-13(11)5-1-2-7-14(13)18-8-9-19-14/h10H,1-9H2,(H,16,17)/t10?,13-/m0/s1. The molecule has 19 heavy (non-hydrogen) atoms. The predicted octanol–water partition coefficient (Wildman–Crippen LogP) is 1.74. The number of hydrogen-bond acceptors (Lipinski definition) is 4. The van der Waals surface area contributed by atoms with Gasteiger partial charge in [-0.15, -0.1) is 0 Å². The van der Waals surface area contributed by atoms with Gasteiger partial charge in [-0.05, 0) is 25.7 Å². The van der Waals surface area contributed by atoms with Crippen LogP contribution in [0.5, 0.6) is 0 Å². The Balaban J connectivity index is 1.98. The first-order valence-electron chi connectivity index (χ1n) is 7.16. The minimum absolute atomic E-state index is 0.159. The van der Waals surface area contributed by atoms with Crippen LogP contribution in [0.1, 0.15) is 44.9 Å². The highest BCUT2D eigenvalue weighted by Crippen LogP contribution is 2.56. The van der Waals surface area contributed by atoms with E-state index in [2.05, 4.69) is 0 Å². The number of ketones is 1. The van der Waals surface area contributed by atoms with E-state index in [1.54, 1.807) is 0 Å². The van der Waals surface area contributed by atoms with Gasteiger partial charge < -0.3 is 14.6 Å². The number of ether oxygens (including phenoxy) is 2. The molecule has 3 rings (SSSR count). The van der Waals surface area contributed by atoms with Crippen LogP contribution in [-0.2, 0) is 19.1 Å². The van der Waals surface area contributed by atoms with Crippen LogP contribution < -0.4 is 0 Å². The summed E-state index contributed by atoms with van der Waals surface area (Å²) < 4.78 is 11.7. The molecule has 1 N–H and O–H groups in total. The van der Waals surface area contributed by atoms with Crippen LogP contribution in [0.15, 0.2) is 0 Å². The van der Waals surface area contributed by atoms with Crippen LogP contribution in [0.2, 0.25) is 0 Å². The van der Waals surface area contributed by atoms with E-state index in [-0.39, 0.29) is 5.78 Å². The molecule has 106 valence electrons. The Bertz CT molecular complexity index is 395. The Kier molecular flexibility index (Phi) is 3.14. The van der Waals surface area contributed by atoms with Crippen molar-refractivity contribution in [2.45, 2.75) is 50.7 Å². The molecule has 3 fully saturated rings. The number of carbonyl (C=O) groups excluding carboxylic acids is 1. The van der Waals surface area contributed by atoms with E-state index in [9.17, 15) is 14.7 Å². The highest BCUT2D eigenvalue weighted by Gasteiger charge is 2.63. The molecule has 2 spiro atoms. The Morgan fingerprint density at radius 2 is 1.74 bits per heavy atom. The molecule has 1 heterocycles. The lowest BCUT2D eigenvalue weighted by Gasteiger charge is -2.51. The normalized spacial score (nSPS) is 37.9. The van der Waals surface area contributed by atoms with E-state index in [4.69, 9.17) is 9.47 Å². The SMILES string of the molecule is O=C(O)C1CCC[C@@]2(CCCCC23OCCO3)C1=O. The summed E-state index contributed by atoms with van der Waals surface area (Å²) >= 11 is 0. The molecular weight excluding hydrogens is 248 g/mol. The molecule has 0 aromatic heterocycles. The number of aliphatic carboxylic acids is 1. The first-order valence-corrected chi connectivity index (χ1v) is 7.16. The molecule has 1 saturated heterocycles. The minimum atomic E-state index is -0.997. The van der Waals surface area contributed by atoms with Gasteiger partial charge in [0.1, 0.15) is 5.92 Å². The van der Waals surface area contributed by atoms with Crippen molar-refractivity contribution in [1.29, 1.82) is 0 Å². The summed E-state index contributed by atoms with van der Waals surface area (Å²) in [5, 5.41) is 9.25. The highest BCUT2D eigenvalue weighted by atomic mass is 16.7. The second-order valence-electron chi connectivity index (χ2n) is 5.89. The average Bonchev–Trinajstić information content (AvgIpc) is 2.85. The van der Waals surface area contributed by atoms with Gasteiger partial charge in [0.2, 0.25) is 0 Å². The van der Waals surface area contributed by atoms with Gasteiger partial charge >= 0.3 is 5.97 Å². The van der Waals surface area contributed by atoms with E-state index in [0.717, 1.165) is 19.3 Å². The Hall–Kier alpha value is -0.940. The van der Waals surface area contributed by atoms with Crippen molar-refractivity contribution in [3.8, 4) is 0 Å². The number of hydrogen-bond donors (Lipinski definition) is 1. The van der Waals surface area contributed by atoms with Gasteiger partial charge in [-0.2, -0.15) is 0 Å². The molecule has 2 aliphatic carbocycles. The molecule has 1 aliphatic heterocycles. The second-order valence-corrected chi connectivity index (χ2v) is 5.89. The summed E-state index contributed by atoms with van der Waals surface area (Å²) in [6, 6.07) is 0.